The van der Waals surface area contributed by atoms with Crippen molar-refractivity contribution in [1.82, 2.24) is 19.7 Å². The maximum atomic E-state index is 12.7. The molecule has 3 fully saturated rings. The fraction of sp³-hybridized carbons (Fsp3) is 0.750. The summed E-state index contributed by atoms with van der Waals surface area (Å²) < 4.78 is 39.6. The van der Waals surface area contributed by atoms with Crippen LogP contribution in [0.3, 0.4) is 0 Å². The van der Waals surface area contributed by atoms with Gasteiger partial charge in [-0.15, -0.1) is 0 Å². The second-order valence-corrected chi connectivity index (χ2v) is 8.39. The van der Waals surface area contributed by atoms with Crippen molar-refractivity contribution in [3.8, 4) is 0 Å². The highest BCUT2D eigenvalue weighted by molar-refractivity contribution is 5.78. The van der Waals surface area contributed by atoms with Crippen molar-refractivity contribution in [1.29, 1.82) is 0 Å². The summed E-state index contributed by atoms with van der Waals surface area (Å²) in [5.74, 6) is -2.27. The molecule has 0 aliphatic carbocycles. The summed E-state index contributed by atoms with van der Waals surface area (Å²) in [6.07, 6.45) is 3.26. The fourth-order valence-electron chi connectivity index (χ4n) is 4.31. The number of piperidine rings is 1. The van der Waals surface area contributed by atoms with E-state index in [9.17, 15) is 18.0 Å². The second kappa shape index (κ2) is 10.6. The Balaban J connectivity index is 0.000000360. The number of carboxylic acids is 1. The zero-order valence-electron chi connectivity index (χ0n) is 18.0. The molecule has 3 saturated heterocycles. The van der Waals surface area contributed by atoms with Gasteiger partial charge in [0.2, 0.25) is 0 Å². The van der Waals surface area contributed by atoms with Crippen molar-refractivity contribution in [2.75, 3.05) is 32.8 Å². The fourth-order valence-corrected chi connectivity index (χ4v) is 4.31. The molecule has 0 saturated carbocycles. The van der Waals surface area contributed by atoms with Crippen LogP contribution in [0.1, 0.15) is 31.2 Å². The van der Waals surface area contributed by atoms with Crippen LogP contribution in [0.5, 0.6) is 0 Å². The summed E-state index contributed by atoms with van der Waals surface area (Å²) >= 11 is 0. The Bertz CT molecular complexity index is 782. The van der Waals surface area contributed by atoms with Gasteiger partial charge in [-0.2, -0.15) is 18.3 Å². The highest BCUT2D eigenvalue weighted by atomic mass is 19.4. The van der Waals surface area contributed by atoms with Gasteiger partial charge in [-0.25, -0.2) is 9.86 Å². The number of aryl methyl sites for hydroxylation is 1. The molecular weight excluding hydrogens is 433 g/mol. The number of hydrogen-bond donors (Lipinski definition) is 1. The Hall–Kier alpha value is -2.18. The molecule has 12 heteroatoms. The molecule has 1 aromatic heterocycles. The Morgan fingerprint density at radius 3 is 2.62 bits per heavy atom. The standard InChI is InChI=1S/C18H28N4O3.C2HF3O2/c1-20-10-14(9-19-20)11-21-6-4-17-15(12-21)8-16(13-24-17)18(23)22-5-2-3-7-25-22;3-2(4,5)1(6)7/h9-10,15-17H,2-8,11-13H2,1H3;(H,6,7)/t15-,16-,17+;/m1./s1. The van der Waals surface area contributed by atoms with Crippen LogP contribution in [0, 0.1) is 11.8 Å². The number of halogens is 3. The number of carboxylic acid groups (broad SMARTS) is 1. The van der Waals surface area contributed by atoms with E-state index in [1.54, 1.807) is 5.06 Å². The summed E-state index contributed by atoms with van der Waals surface area (Å²) in [5, 5.41) is 13.0. The molecule has 3 atom stereocenters. The number of amides is 1. The highest BCUT2D eigenvalue weighted by Gasteiger charge is 2.40. The first-order valence-corrected chi connectivity index (χ1v) is 10.7. The van der Waals surface area contributed by atoms with Gasteiger partial charge in [0.1, 0.15) is 0 Å². The lowest BCUT2D eigenvalue weighted by Crippen LogP contribution is -2.51. The number of aromatic nitrogens is 2. The maximum absolute atomic E-state index is 12.7. The van der Waals surface area contributed by atoms with Crippen LogP contribution in [0.25, 0.3) is 0 Å². The van der Waals surface area contributed by atoms with E-state index in [-0.39, 0.29) is 11.8 Å². The van der Waals surface area contributed by atoms with E-state index in [1.807, 2.05) is 17.9 Å². The quantitative estimate of drug-likeness (QED) is 0.732. The van der Waals surface area contributed by atoms with Crippen LogP contribution >= 0.6 is 0 Å². The maximum Gasteiger partial charge on any atom is 0.490 e. The SMILES string of the molecule is Cn1cc(CN2CC[C@@H]3OC[C@H](C(=O)N4CCCCO4)C[C@@H]3C2)cn1.O=C(O)C(F)(F)F. The molecule has 1 N–H and O–H groups in total. The Kier molecular flexibility index (Phi) is 8.12. The molecule has 3 aliphatic rings. The van der Waals surface area contributed by atoms with Crippen LogP contribution in [0.2, 0.25) is 0 Å². The smallest absolute Gasteiger partial charge is 0.475 e. The number of fused-ring (bicyclic) bond motifs is 1. The third-order valence-electron chi connectivity index (χ3n) is 5.85. The zero-order valence-corrected chi connectivity index (χ0v) is 18.0. The number of alkyl halides is 3. The predicted molar refractivity (Wildman–Crippen MR) is 105 cm³/mol. The lowest BCUT2D eigenvalue weighted by atomic mass is 9.83. The topological polar surface area (TPSA) is 97.1 Å². The molecule has 4 heterocycles. The number of hydroxylamine groups is 2. The first-order chi connectivity index (χ1) is 15.1. The normalized spacial score (nSPS) is 26.6. The number of aliphatic carboxylic acids is 1. The monoisotopic (exact) mass is 462 g/mol. The van der Waals surface area contributed by atoms with E-state index >= 15 is 0 Å². The molecule has 9 nitrogen and oxygen atoms in total. The number of carbonyl (C=O) groups is 2. The average molecular weight is 462 g/mol. The molecule has 32 heavy (non-hydrogen) atoms. The van der Waals surface area contributed by atoms with E-state index in [4.69, 9.17) is 19.5 Å². The van der Waals surface area contributed by atoms with Gasteiger partial charge >= 0.3 is 12.1 Å². The van der Waals surface area contributed by atoms with Crippen LogP contribution in [0.4, 0.5) is 13.2 Å². The molecule has 180 valence electrons. The summed E-state index contributed by atoms with van der Waals surface area (Å²) in [5.41, 5.74) is 1.24. The summed E-state index contributed by atoms with van der Waals surface area (Å²) in [7, 11) is 1.95. The number of ether oxygens (including phenoxy) is 1. The van der Waals surface area contributed by atoms with Gasteiger partial charge in [-0.3, -0.25) is 19.2 Å². The van der Waals surface area contributed by atoms with Crippen molar-refractivity contribution < 1.29 is 37.4 Å². The summed E-state index contributed by atoms with van der Waals surface area (Å²) in [6, 6.07) is 0. The van der Waals surface area contributed by atoms with Crippen LogP contribution in [0.15, 0.2) is 12.4 Å². The average Bonchev–Trinajstić information content (AvgIpc) is 3.17. The minimum Gasteiger partial charge on any atom is -0.475 e. The number of likely N-dealkylation sites (tertiary alicyclic amines) is 1. The lowest BCUT2D eigenvalue weighted by Gasteiger charge is -2.43. The third kappa shape index (κ3) is 6.66. The summed E-state index contributed by atoms with van der Waals surface area (Å²) in [4.78, 5) is 29.6. The predicted octanol–water partition coefficient (Wildman–Crippen LogP) is 1.83. The molecule has 1 aromatic rings. The van der Waals surface area contributed by atoms with Crippen molar-refractivity contribution in [3.63, 3.8) is 0 Å². The van der Waals surface area contributed by atoms with Gasteiger partial charge in [-0.05, 0) is 31.6 Å². The van der Waals surface area contributed by atoms with Crippen molar-refractivity contribution in [2.24, 2.45) is 18.9 Å². The van der Waals surface area contributed by atoms with Gasteiger partial charge in [0.25, 0.3) is 5.91 Å². The molecule has 4 rings (SSSR count). The molecule has 0 aromatic carbocycles. The minimum absolute atomic E-state index is 0.0577. The molecular formula is C20H29F3N4O5. The first kappa shape index (κ1) is 24.5. The van der Waals surface area contributed by atoms with Crippen LogP contribution in [-0.2, 0) is 32.8 Å². The molecule has 0 bridgehead atoms. The molecule has 1 amide bonds. The van der Waals surface area contributed by atoms with Crippen molar-refractivity contribution in [2.45, 2.75) is 44.5 Å². The van der Waals surface area contributed by atoms with Crippen molar-refractivity contribution in [3.05, 3.63) is 18.0 Å². The second-order valence-electron chi connectivity index (χ2n) is 8.39. The zero-order chi connectivity index (χ0) is 23.3. The molecule has 0 unspecified atom stereocenters. The number of carbonyl (C=O) groups excluding carboxylic acids is 1. The first-order valence-electron chi connectivity index (χ1n) is 10.7. The number of hydrogen-bond acceptors (Lipinski definition) is 6. The Morgan fingerprint density at radius 2 is 2.03 bits per heavy atom. The highest BCUT2D eigenvalue weighted by Crippen LogP contribution is 2.33. The van der Waals surface area contributed by atoms with Gasteiger partial charge in [0.05, 0.1) is 31.4 Å². The Labute approximate surface area is 184 Å². The number of rotatable bonds is 3. The Morgan fingerprint density at radius 1 is 1.28 bits per heavy atom. The summed E-state index contributed by atoms with van der Waals surface area (Å²) in [6.45, 7) is 4.88. The van der Waals surface area contributed by atoms with Gasteiger partial charge in [0, 0.05) is 45.0 Å². The van der Waals surface area contributed by atoms with E-state index < -0.39 is 12.1 Å². The lowest BCUT2D eigenvalue weighted by molar-refractivity contribution is -0.208. The van der Waals surface area contributed by atoms with Crippen LogP contribution in [-0.4, -0.2) is 81.9 Å². The van der Waals surface area contributed by atoms with E-state index in [1.165, 1.54) is 5.56 Å². The third-order valence-corrected chi connectivity index (χ3v) is 5.85. The van der Waals surface area contributed by atoms with Crippen LogP contribution < -0.4 is 0 Å². The molecule has 3 aliphatic heterocycles. The molecule has 0 radical (unpaired) electrons. The minimum atomic E-state index is -5.08. The molecule has 0 spiro atoms. The van der Waals surface area contributed by atoms with Gasteiger partial charge in [-0.1, -0.05) is 0 Å². The van der Waals surface area contributed by atoms with E-state index in [0.29, 0.717) is 25.2 Å². The number of nitrogens with zero attached hydrogens (tertiary/aromatic N) is 4. The largest absolute Gasteiger partial charge is 0.490 e. The van der Waals surface area contributed by atoms with Gasteiger partial charge < -0.3 is 9.84 Å². The van der Waals surface area contributed by atoms with E-state index in [2.05, 4.69) is 16.2 Å². The van der Waals surface area contributed by atoms with Crippen molar-refractivity contribution >= 4 is 11.9 Å². The van der Waals surface area contributed by atoms with E-state index in [0.717, 1.165) is 51.9 Å². The van der Waals surface area contributed by atoms with Gasteiger partial charge in [0.15, 0.2) is 0 Å².